The first-order valence-electron chi connectivity index (χ1n) is 13.4. The van der Waals surface area contributed by atoms with Crippen LogP contribution in [0.5, 0.6) is 0 Å². The van der Waals surface area contributed by atoms with Crippen LogP contribution in [0.25, 0.3) is 10.8 Å². The number of rotatable bonds is 9. The predicted molar refractivity (Wildman–Crippen MR) is 156 cm³/mol. The molecule has 1 fully saturated rings. The molecule has 2 radical (unpaired) electrons. The van der Waals surface area contributed by atoms with Gasteiger partial charge in [0.2, 0.25) is 0 Å². The molecule has 2 N–H and O–H groups in total. The van der Waals surface area contributed by atoms with Gasteiger partial charge >= 0.3 is 6.03 Å². The zero-order valence-corrected chi connectivity index (χ0v) is 22.0. The lowest BCUT2D eigenvalue weighted by Gasteiger charge is -2.31. The van der Waals surface area contributed by atoms with Crippen molar-refractivity contribution < 1.29 is 4.79 Å². The van der Waals surface area contributed by atoms with Crippen LogP contribution < -0.4 is 10.6 Å². The Hall–Kier alpha value is -3.61. The Balaban J connectivity index is 1.25. The van der Waals surface area contributed by atoms with Gasteiger partial charge in [-0.15, -0.1) is 0 Å². The Kier molecular flexibility index (Phi) is 8.42. The molecule has 0 saturated carbocycles. The van der Waals surface area contributed by atoms with E-state index in [9.17, 15) is 4.79 Å². The number of fused-ring (bicyclic) bond motifs is 1. The van der Waals surface area contributed by atoms with Crippen LogP contribution >= 0.6 is 0 Å². The molecule has 0 spiro atoms. The first kappa shape index (κ1) is 26.0. The number of hydrogen-bond acceptors (Lipinski definition) is 3. The zero-order chi connectivity index (χ0) is 26.3. The summed E-state index contributed by atoms with van der Waals surface area (Å²) in [5, 5.41) is 9.12. The van der Waals surface area contributed by atoms with E-state index in [1.54, 1.807) is 4.81 Å². The largest absolute Gasteiger partial charge is 0.352 e. The second-order valence-electron chi connectivity index (χ2n) is 10.2. The minimum absolute atomic E-state index is 0.0562. The number of nitrogens with zero attached hydrogens (tertiary/aromatic N) is 2. The van der Waals surface area contributed by atoms with E-state index >= 15 is 0 Å². The van der Waals surface area contributed by atoms with E-state index < -0.39 is 0 Å². The molecule has 4 aromatic carbocycles. The van der Waals surface area contributed by atoms with Gasteiger partial charge in [-0.2, -0.15) is 0 Å². The third-order valence-corrected chi connectivity index (χ3v) is 7.40. The van der Waals surface area contributed by atoms with E-state index in [1.807, 2.05) is 23.1 Å². The lowest BCUT2D eigenvalue weighted by Crippen LogP contribution is -2.47. The van der Waals surface area contributed by atoms with Crippen molar-refractivity contribution in [3.63, 3.8) is 0 Å². The summed E-state index contributed by atoms with van der Waals surface area (Å²) in [6, 6.07) is 33.4. The molecule has 6 heteroatoms. The summed E-state index contributed by atoms with van der Waals surface area (Å²) >= 11 is 0. The van der Waals surface area contributed by atoms with Crippen LogP contribution in [0.4, 0.5) is 4.79 Å². The molecule has 1 aliphatic rings. The average Bonchev–Trinajstić information content (AvgIpc) is 3.38. The van der Waals surface area contributed by atoms with Crippen molar-refractivity contribution >= 4 is 24.8 Å². The lowest BCUT2D eigenvalue weighted by atomic mass is 10.00. The van der Waals surface area contributed by atoms with Crippen LogP contribution in [0.2, 0.25) is 0 Å². The van der Waals surface area contributed by atoms with Gasteiger partial charge in [-0.3, -0.25) is 0 Å². The van der Waals surface area contributed by atoms with Gasteiger partial charge in [0.15, 0.2) is 7.98 Å². The molecule has 1 saturated heterocycles. The molecule has 0 aromatic heterocycles. The SMILES string of the molecule is [B]N1CCC(N(Cc2ccc(CNCc3ccccc3)cc2)C(=O)NC(C)c2cccc3ccccc23)C1. The van der Waals surface area contributed by atoms with Crippen molar-refractivity contribution in [2.75, 3.05) is 13.1 Å². The third kappa shape index (κ3) is 6.44. The van der Waals surface area contributed by atoms with Crippen molar-refractivity contribution in [2.24, 2.45) is 0 Å². The highest BCUT2D eigenvalue weighted by molar-refractivity contribution is 6.04. The topological polar surface area (TPSA) is 47.6 Å². The van der Waals surface area contributed by atoms with Gasteiger partial charge in [-0.25, -0.2) is 4.79 Å². The fourth-order valence-corrected chi connectivity index (χ4v) is 5.27. The number of urea groups is 1. The summed E-state index contributed by atoms with van der Waals surface area (Å²) < 4.78 is 0. The Morgan fingerprint density at radius 2 is 1.55 bits per heavy atom. The van der Waals surface area contributed by atoms with Crippen molar-refractivity contribution in [2.45, 2.75) is 45.1 Å². The van der Waals surface area contributed by atoms with Crippen molar-refractivity contribution in [3.05, 3.63) is 119 Å². The predicted octanol–water partition coefficient (Wildman–Crippen LogP) is 5.56. The third-order valence-electron chi connectivity index (χ3n) is 7.40. The summed E-state index contributed by atoms with van der Waals surface area (Å²) in [6.45, 7) is 5.70. The van der Waals surface area contributed by atoms with Gasteiger partial charge in [-0.1, -0.05) is 97.1 Å². The number of benzene rings is 4. The second kappa shape index (κ2) is 12.3. The van der Waals surface area contributed by atoms with Gasteiger partial charge in [0.1, 0.15) is 0 Å². The number of carbonyl (C=O) groups is 1. The van der Waals surface area contributed by atoms with Crippen LogP contribution in [-0.2, 0) is 19.6 Å². The molecular formula is C32H35BN4O. The Bertz CT molecular complexity index is 1340. The molecule has 4 aromatic rings. The Labute approximate surface area is 227 Å². The lowest BCUT2D eigenvalue weighted by molar-refractivity contribution is 0.170. The van der Waals surface area contributed by atoms with Gasteiger partial charge in [0, 0.05) is 32.2 Å². The smallest absolute Gasteiger partial charge is 0.318 e. The van der Waals surface area contributed by atoms with E-state index in [0.717, 1.165) is 37.2 Å². The average molecular weight is 502 g/mol. The molecule has 0 bridgehead atoms. The monoisotopic (exact) mass is 502 g/mol. The summed E-state index contributed by atoms with van der Waals surface area (Å²) in [4.78, 5) is 17.4. The molecular weight excluding hydrogens is 467 g/mol. The molecule has 2 atom stereocenters. The molecule has 0 aliphatic carbocycles. The highest BCUT2D eigenvalue weighted by Crippen LogP contribution is 2.25. The van der Waals surface area contributed by atoms with E-state index in [0.29, 0.717) is 13.1 Å². The number of carbonyl (C=O) groups excluding carboxylic acids is 1. The van der Waals surface area contributed by atoms with Gasteiger partial charge in [0.05, 0.1) is 6.04 Å². The zero-order valence-electron chi connectivity index (χ0n) is 22.0. The van der Waals surface area contributed by atoms with Crippen LogP contribution in [0.3, 0.4) is 0 Å². The van der Waals surface area contributed by atoms with Gasteiger partial charge in [0.25, 0.3) is 0 Å². The van der Waals surface area contributed by atoms with E-state index in [1.165, 1.54) is 21.9 Å². The van der Waals surface area contributed by atoms with E-state index in [2.05, 4.69) is 96.4 Å². The maximum absolute atomic E-state index is 13.6. The van der Waals surface area contributed by atoms with Crippen LogP contribution in [0, 0.1) is 0 Å². The van der Waals surface area contributed by atoms with Crippen LogP contribution in [0.1, 0.15) is 41.6 Å². The van der Waals surface area contributed by atoms with Crippen molar-refractivity contribution in [3.8, 4) is 0 Å². The fraction of sp³-hybridized carbons (Fsp3) is 0.281. The molecule has 2 unspecified atom stereocenters. The summed E-state index contributed by atoms with van der Waals surface area (Å²) in [5.74, 6) is 0. The van der Waals surface area contributed by atoms with Crippen molar-refractivity contribution in [1.82, 2.24) is 20.3 Å². The summed E-state index contributed by atoms with van der Waals surface area (Å²) in [7, 11) is 6.09. The number of nitrogens with one attached hydrogen (secondary N) is 2. The molecule has 2 amide bonds. The highest BCUT2D eigenvalue weighted by Gasteiger charge is 2.30. The standard InChI is InChI=1S/C32H35BN4O/c1-24(30-13-7-11-28-10-5-6-12-31(28)30)35-32(38)37(29-18-19-36(33)23-29)22-27-16-14-26(15-17-27)21-34-20-25-8-3-2-4-9-25/h2-17,24,29,34H,18-23H2,1H3,(H,35,38). The molecule has 192 valence electrons. The Morgan fingerprint density at radius 1 is 0.895 bits per heavy atom. The second-order valence-corrected chi connectivity index (χ2v) is 10.2. The molecule has 1 aliphatic heterocycles. The fourth-order valence-electron chi connectivity index (χ4n) is 5.27. The van der Waals surface area contributed by atoms with E-state index in [-0.39, 0.29) is 18.1 Å². The molecule has 1 heterocycles. The Morgan fingerprint density at radius 3 is 2.29 bits per heavy atom. The first-order valence-corrected chi connectivity index (χ1v) is 13.4. The maximum atomic E-state index is 13.6. The first-order chi connectivity index (χ1) is 18.6. The normalized spacial score (nSPS) is 16.4. The molecule has 5 rings (SSSR count). The van der Waals surface area contributed by atoms with Crippen LogP contribution in [0.15, 0.2) is 97.1 Å². The summed E-state index contributed by atoms with van der Waals surface area (Å²) in [5.41, 5.74) is 4.73. The van der Waals surface area contributed by atoms with Gasteiger partial charge in [-0.05, 0) is 52.9 Å². The molecule has 5 nitrogen and oxygen atoms in total. The quantitative estimate of drug-likeness (QED) is 0.295. The number of hydrogen-bond donors (Lipinski definition) is 2. The summed E-state index contributed by atoms with van der Waals surface area (Å²) in [6.07, 6.45) is 0.869. The highest BCUT2D eigenvalue weighted by atomic mass is 16.2. The molecule has 38 heavy (non-hydrogen) atoms. The van der Waals surface area contributed by atoms with E-state index in [4.69, 9.17) is 7.98 Å². The maximum Gasteiger partial charge on any atom is 0.318 e. The van der Waals surface area contributed by atoms with Crippen molar-refractivity contribution in [1.29, 1.82) is 0 Å². The minimum atomic E-state index is -0.121. The van der Waals surface area contributed by atoms with Gasteiger partial charge < -0.3 is 20.3 Å². The van der Waals surface area contributed by atoms with Crippen LogP contribution in [-0.4, -0.2) is 42.9 Å². The number of amides is 2. The minimum Gasteiger partial charge on any atom is -0.352 e.